The van der Waals surface area contributed by atoms with Crippen LogP contribution in [0.15, 0.2) is 0 Å². The highest BCUT2D eigenvalue weighted by Gasteiger charge is 2.21. The van der Waals surface area contributed by atoms with E-state index in [0.717, 1.165) is 6.42 Å². The fourth-order valence-electron chi connectivity index (χ4n) is 1.67. The van der Waals surface area contributed by atoms with Gasteiger partial charge < -0.3 is 16.4 Å². The third kappa shape index (κ3) is 4.86. The topological polar surface area (TPSA) is 136 Å². The average molecular weight is 296 g/mol. The van der Waals surface area contributed by atoms with Gasteiger partial charge in [0.25, 0.3) is 0 Å². The van der Waals surface area contributed by atoms with Crippen LogP contribution in [0.4, 0.5) is 17.5 Å². The van der Waals surface area contributed by atoms with Crippen molar-refractivity contribution in [1.29, 1.82) is 0 Å². The molecule has 0 radical (unpaired) electrons. The average Bonchev–Trinajstić information content (AvgIpc) is 2.37. The fraction of sp³-hybridized carbons (Fsp3) is 0.583. The molecule has 9 nitrogen and oxygen atoms in total. The van der Waals surface area contributed by atoms with Crippen LogP contribution in [0.2, 0.25) is 0 Å². The summed E-state index contributed by atoms with van der Waals surface area (Å²) in [5, 5.41) is 16.6. The first-order valence-corrected chi connectivity index (χ1v) is 6.66. The van der Waals surface area contributed by atoms with Crippen LogP contribution in [-0.4, -0.2) is 33.4 Å². The van der Waals surface area contributed by atoms with Crippen molar-refractivity contribution in [3.05, 3.63) is 15.8 Å². The lowest BCUT2D eigenvalue weighted by atomic mass is 10.2. The Kier molecular flexibility index (Phi) is 5.82. The molecular weight excluding hydrogens is 276 g/mol. The van der Waals surface area contributed by atoms with E-state index in [1.807, 2.05) is 13.8 Å². The second-order valence-corrected chi connectivity index (χ2v) is 4.68. The Hall–Kier alpha value is -2.45. The van der Waals surface area contributed by atoms with E-state index in [2.05, 4.69) is 20.6 Å². The number of nitrogen functional groups attached to an aromatic ring is 1. The number of nitrogens with one attached hydrogen (secondary N) is 2. The van der Waals surface area contributed by atoms with Crippen LogP contribution in [0.1, 0.15) is 32.4 Å². The minimum atomic E-state index is -0.573. The summed E-state index contributed by atoms with van der Waals surface area (Å²) >= 11 is 0. The van der Waals surface area contributed by atoms with Gasteiger partial charge in [0.05, 0.1) is 4.92 Å². The molecular formula is C12H20N6O3. The zero-order valence-corrected chi connectivity index (χ0v) is 12.3. The van der Waals surface area contributed by atoms with Gasteiger partial charge in [0.1, 0.15) is 5.69 Å². The van der Waals surface area contributed by atoms with E-state index in [0.29, 0.717) is 0 Å². The molecule has 0 aliphatic carbocycles. The number of nitrogens with two attached hydrogens (primary N) is 1. The van der Waals surface area contributed by atoms with Crippen molar-refractivity contribution >= 4 is 23.4 Å². The summed E-state index contributed by atoms with van der Waals surface area (Å²) in [6.45, 7) is 5.58. The van der Waals surface area contributed by atoms with Gasteiger partial charge in [0.15, 0.2) is 0 Å². The standard InChI is InChI=1S/C12H20N6O3/c1-4-7(2)15-9(19)5-6-14-11-10(18(20)21)8(3)16-12(13)17-11/h7H,4-6H2,1-3H3,(H,15,19)(H3,13,14,16,17). The molecule has 1 atom stereocenters. The van der Waals surface area contributed by atoms with Gasteiger partial charge in [-0.2, -0.15) is 4.98 Å². The van der Waals surface area contributed by atoms with Crippen molar-refractivity contribution in [2.45, 2.75) is 39.7 Å². The van der Waals surface area contributed by atoms with Gasteiger partial charge in [-0.05, 0) is 20.3 Å². The minimum Gasteiger partial charge on any atom is -0.368 e. The fourth-order valence-corrected chi connectivity index (χ4v) is 1.67. The van der Waals surface area contributed by atoms with Gasteiger partial charge in [-0.15, -0.1) is 0 Å². The van der Waals surface area contributed by atoms with Crippen LogP contribution in [0.3, 0.4) is 0 Å². The number of nitro groups is 1. The molecule has 9 heteroatoms. The van der Waals surface area contributed by atoms with Crippen LogP contribution < -0.4 is 16.4 Å². The molecule has 1 unspecified atom stereocenters. The van der Waals surface area contributed by atoms with Crippen LogP contribution >= 0.6 is 0 Å². The lowest BCUT2D eigenvalue weighted by Gasteiger charge is -2.12. The minimum absolute atomic E-state index is 0.0290. The first-order valence-electron chi connectivity index (χ1n) is 6.66. The number of amides is 1. The normalized spacial score (nSPS) is 11.8. The van der Waals surface area contributed by atoms with E-state index in [1.165, 1.54) is 6.92 Å². The molecule has 0 aromatic carbocycles. The van der Waals surface area contributed by atoms with Crippen LogP contribution in [0.25, 0.3) is 0 Å². The maximum absolute atomic E-state index is 11.6. The maximum Gasteiger partial charge on any atom is 0.332 e. The van der Waals surface area contributed by atoms with Gasteiger partial charge in [0, 0.05) is 19.0 Å². The molecule has 1 aromatic rings. The highest BCUT2D eigenvalue weighted by atomic mass is 16.6. The zero-order valence-electron chi connectivity index (χ0n) is 12.3. The number of hydrogen-bond acceptors (Lipinski definition) is 7. The van der Waals surface area contributed by atoms with Crippen molar-refractivity contribution in [2.24, 2.45) is 0 Å². The third-order valence-electron chi connectivity index (χ3n) is 2.92. The van der Waals surface area contributed by atoms with Crippen LogP contribution in [0, 0.1) is 17.0 Å². The summed E-state index contributed by atoms with van der Waals surface area (Å²) in [5.41, 5.74) is 5.43. The van der Waals surface area contributed by atoms with Crippen LogP contribution in [-0.2, 0) is 4.79 Å². The molecule has 0 aliphatic rings. The predicted octanol–water partition coefficient (Wildman–Crippen LogP) is 0.992. The molecule has 0 bridgehead atoms. The van der Waals surface area contributed by atoms with E-state index in [9.17, 15) is 14.9 Å². The molecule has 1 heterocycles. The quantitative estimate of drug-likeness (QED) is 0.504. The summed E-state index contributed by atoms with van der Waals surface area (Å²) in [6.07, 6.45) is 1.02. The van der Waals surface area contributed by atoms with Gasteiger partial charge in [-0.25, -0.2) is 4.98 Å². The first kappa shape index (κ1) is 16.6. The molecule has 116 valence electrons. The Morgan fingerprint density at radius 3 is 2.71 bits per heavy atom. The Morgan fingerprint density at radius 1 is 1.48 bits per heavy atom. The zero-order chi connectivity index (χ0) is 16.0. The number of hydrogen-bond donors (Lipinski definition) is 3. The largest absolute Gasteiger partial charge is 0.368 e. The Labute approximate surface area is 122 Å². The Balaban J connectivity index is 2.67. The number of nitrogens with zero attached hydrogens (tertiary/aromatic N) is 3. The molecule has 0 aliphatic heterocycles. The predicted molar refractivity (Wildman–Crippen MR) is 78.8 cm³/mol. The summed E-state index contributed by atoms with van der Waals surface area (Å²) in [5.74, 6) is -0.149. The van der Waals surface area contributed by atoms with Gasteiger partial charge in [-0.1, -0.05) is 6.92 Å². The van der Waals surface area contributed by atoms with E-state index in [4.69, 9.17) is 5.73 Å². The number of aryl methyl sites for hydroxylation is 1. The van der Waals surface area contributed by atoms with E-state index < -0.39 is 4.92 Å². The summed E-state index contributed by atoms with van der Waals surface area (Å²) in [4.78, 5) is 29.6. The number of anilines is 2. The Morgan fingerprint density at radius 2 is 2.14 bits per heavy atom. The molecule has 0 saturated heterocycles. The molecule has 0 fully saturated rings. The molecule has 0 saturated carbocycles. The molecule has 0 spiro atoms. The molecule has 1 rings (SSSR count). The summed E-state index contributed by atoms with van der Waals surface area (Å²) in [7, 11) is 0. The summed E-state index contributed by atoms with van der Waals surface area (Å²) < 4.78 is 0. The number of aromatic nitrogens is 2. The SMILES string of the molecule is CCC(C)NC(=O)CCNc1nc(N)nc(C)c1[N+](=O)[O-]. The maximum atomic E-state index is 11.6. The van der Waals surface area contributed by atoms with Crippen LogP contribution in [0.5, 0.6) is 0 Å². The van der Waals surface area contributed by atoms with E-state index in [1.54, 1.807) is 0 Å². The second-order valence-electron chi connectivity index (χ2n) is 4.68. The van der Waals surface area contributed by atoms with Crippen molar-refractivity contribution in [2.75, 3.05) is 17.6 Å². The van der Waals surface area contributed by atoms with Crippen molar-refractivity contribution in [1.82, 2.24) is 15.3 Å². The third-order valence-corrected chi connectivity index (χ3v) is 2.92. The Bertz CT molecular complexity index is 534. The van der Waals surface area contributed by atoms with E-state index >= 15 is 0 Å². The molecule has 1 amide bonds. The number of rotatable bonds is 7. The lowest BCUT2D eigenvalue weighted by molar-refractivity contribution is -0.385. The highest BCUT2D eigenvalue weighted by Crippen LogP contribution is 2.25. The molecule has 1 aromatic heterocycles. The highest BCUT2D eigenvalue weighted by molar-refractivity contribution is 5.76. The van der Waals surface area contributed by atoms with E-state index in [-0.39, 0.29) is 48.1 Å². The van der Waals surface area contributed by atoms with Crippen molar-refractivity contribution in [3.63, 3.8) is 0 Å². The monoisotopic (exact) mass is 296 g/mol. The smallest absolute Gasteiger partial charge is 0.332 e. The number of carbonyl (C=O) groups is 1. The first-order chi connectivity index (χ1) is 9.85. The number of carbonyl (C=O) groups excluding carboxylic acids is 1. The van der Waals surface area contributed by atoms with Crippen molar-refractivity contribution < 1.29 is 9.72 Å². The van der Waals surface area contributed by atoms with Crippen molar-refractivity contribution in [3.8, 4) is 0 Å². The lowest BCUT2D eigenvalue weighted by Crippen LogP contribution is -2.33. The van der Waals surface area contributed by atoms with Gasteiger partial charge in [0.2, 0.25) is 17.7 Å². The molecule has 4 N–H and O–H groups in total. The van der Waals surface area contributed by atoms with Gasteiger partial charge in [-0.3, -0.25) is 14.9 Å². The van der Waals surface area contributed by atoms with Gasteiger partial charge >= 0.3 is 5.69 Å². The summed E-state index contributed by atoms with van der Waals surface area (Å²) in [6, 6.07) is 0.101. The molecule has 21 heavy (non-hydrogen) atoms. The second kappa shape index (κ2) is 7.36.